The Morgan fingerprint density at radius 1 is 1.37 bits per heavy atom. The highest BCUT2D eigenvalue weighted by Crippen LogP contribution is 2.25. The molecule has 0 aliphatic heterocycles. The number of anilines is 1. The summed E-state index contributed by atoms with van der Waals surface area (Å²) in [5.74, 6) is -0.518. The van der Waals surface area contributed by atoms with Gasteiger partial charge in [0.1, 0.15) is 11.5 Å². The quantitative estimate of drug-likeness (QED) is 0.678. The maximum absolute atomic E-state index is 13.1. The van der Waals surface area contributed by atoms with Crippen LogP contribution in [0.1, 0.15) is 11.3 Å². The second-order valence-electron chi connectivity index (χ2n) is 4.08. The lowest BCUT2D eigenvalue weighted by molar-refractivity contribution is -0.384. The van der Waals surface area contributed by atoms with Crippen LogP contribution in [0.5, 0.6) is 0 Å². The van der Waals surface area contributed by atoms with Crippen molar-refractivity contribution in [2.45, 2.75) is 13.5 Å². The fourth-order valence-electron chi connectivity index (χ4n) is 1.61. The van der Waals surface area contributed by atoms with Gasteiger partial charge < -0.3 is 5.32 Å². The minimum Gasteiger partial charge on any atom is -0.375 e. The van der Waals surface area contributed by atoms with Crippen LogP contribution < -0.4 is 5.32 Å². The van der Waals surface area contributed by atoms with Crippen molar-refractivity contribution in [3.8, 4) is 0 Å². The van der Waals surface area contributed by atoms with Gasteiger partial charge in [-0.25, -0.2) is 4.39 Å². The lowest BCUT2D eigenvalue weighted by Crippen LogP contribution is -2.03. The predicted octanol–water partition coefficient (Wildman–Crippen LogP) is 3.05. The number of nitro groups is 1. The van der Waals surface area contributed by atoms with Crippen molar-refractivity contribution < 1.29 is 9.31 Å². The molecule has 19 heavy (non-hydrogen) atoms. The van der Waals surface area contributed by atoms with Crippen LogP contribution in [-0.2, 0) is 6.54 Å². The van der Waals surface area contributed by atoms with E-state index in [1.807, 2.05) is 19.1 Å². The smallest absolute Gasteiger partial charge is 0.292 e. The van der Waals surface area contributed by atoms with Crippen LogP contribution in [0.4, 0.5) is 15.8 Å². The average molecular weight is 261 g/mol. The molecule has 6 heteroatoms. The summed E-state index contributed by atoms with van der Waals surface area (Å²) in [6.07, 6.45) is 1.67. The first kappa shape index (κ1) is 12.9. The minimum atomic E-state index is -0.546. The Labute approximate surface area is 109 Å². The van der Waals surface area contributed by atoms with Crippen molar-refractivity contribution in [2.75, 3.05) is 5.32 Å². The first-order valence-corrected chi connectivity index (χ1v) is 5.65. The van der Waals surface area contributed by atoms with Gasteiger partial charge in [-0.2, -0.15) is 0 Å². The first-order chi connectivity index (χ1) is 9.06. The number of aromatic nitrogens is 1. The molecule has 0 radical (unpaired) electrons. The highest BCUT2D eigenvalue weighted by atomic mass is 19.1. The molecule has 98 valence electrons. The zero-order valence-electron chi connectivity index (χ0n) is 10.3. The molecule has 0 saturated heterocycles. The van der Waals surface area contributed by atoms with Crippen molar-refractivity contribution in [3.63, 3.8) is 0 Å². The molecular weight excluding hydrogens is 249 g/mol. The van der Waals surface area contributed by atoms with Crippen molar-refractivity contribution in [2.24, 2.45) is 0 Å². The van der Waals surface area contributed by atoms with Gasteiger partial charge in [-0.1, -0.05) is 6.07 Å². The molecule has 1 aromatic carbocycles. The molecule has 1 N–H and O–H groups in total. The molecule has 1 heterocycles. The summed E-state index contributed by atoms with van der Waals surface area (Å²) < 4.78 is 13.1. The first-order valence-electron chi connectivity index (χ1n) is 5.65. The predicted molar refractivity (Wildman–Crippen MR) is 69.4 cm³/mol. The van der Waals surface area contributed by atoms with E-state index in [9.17, 15) is 14.5 Å². The summed E-state index contributed by atoms with van der Waals surface area (Å²) in [5, 5.41) is 13.7. The Kier molecular flexibility index (Phi) is 3.70. The number of aryl methyl sites for hydroxylation is 1. The maximum atomic E-state index is 13.1. The third-order valence-corrected chi connectivity index (χ3v) is 2.61. The SMILES string of the molecule is Cc1ccc(CNc2cc(F)ccc2[N+](=O)[O-])cn1. The third kappa shape index (κ3) is 3.25. The number of benzene rings is 1. The number of rotatable bonds is 4. The van der Waals surface area contributed by atoms with Crippen LogP contribution in [0.15, 0.2) is 36.5 Å². The van der Waals surface area contributed by atoms with Crippen LogP contribution in [0, 0.1) is 22.9 Å². The molecular formula is C13H12FN3O2. The van der Waals surface area contributed by atoms with Crippen LogP contribution in [0.2, 0.25) is 0 Å². The number of hydrogen-bond acceptors (Lipinski definition) is 4. The zero-order valence-corrected chi connectivity index (χ0v) is 10.3. The molecule has 0 unspecified atom stereocenters. The van der Waals surface area contributed by atoms with E-state index in [1.165, 1.54) is 0 Å². The molecule has 2 aromatic rings. The Bertz CT molecular complexity index is 599. The molecule has 1 aromatic heterocycles. The molecule has 0 fully saturated rings. The summed E-state index contributed by atoms with van der Waals surface area (Å²) in [6, 6.07) is 7.03. The second kappa shape index (κ2) is 5.43. The van der Waals surface area contributed by atoms with Crippen LogP contribution >= 0.6 is 0 Å². The van der Waals surface area contributed by atoms with E-state index in [0.717, 1.165) is 29.5 Å². The molecule has 0 bridgehead atoms. The van der Waals surface area contributed by atoms with E-state index in [0.29, 0.717) is 6.54 Å². The summed E-state index contributed by atoms with van der Waals surface area (Å²) in [7, 11) is 0. The molecule has 5 nitrogen and oxygen atoms in total. The van der Waals surface area contributed by atoms with Gasteiger partial charge >= 0.3 is 0 Å². The number of pyridine rings is 1. The Morgan fingerprint density at radius 3 is 2.79 bits per heavy atom. The van der Waals surface area contributed by atoms with E-state index >= 15 is 0 Å². The Morgan fingerprint density at radius 2 is 2.16 bits per heavy atom. The number of nitrogens with one attached hydrogen (secondary N) is 1. The lowest BCUT2D eigenvalue weighted by Gasteiger charge is -2.07. The van der Waals surface area contributed by atoms with Crippen molar-refractivity contribution in [1.29, 1.82) is 0 Å². The van der Waals surface area contributed by atoms with E-state index in [-0.39, 0.29) is 11.4 Å². The highest BCUT2D eigenvalue weighted by molar-refractivity contribution is 5.61. The van der Waals surface area contributed by atoms with Gasteiger partial charge in [0, 0.05) is 30.6 Å². The van der Waals surface area contributed by atoms with Crippen molar-refractivity contribution in [3.05, 3.63) is 63.7 Å². The van der Waals surface area contributed by atoms with E-state index < -0.39 is 10.7 Å². The van der Waals surface area contributed by atoms with Gasteiger partial charge in [0.15, 0.2) is 0 Å². The Hall–Kier alpha value is -2.50. The third-order valence-electron chi connectivity index (χ3n) is 2.61. The summed E-state index contributed by atoms with van der Waals surface area (Å²) in [6.45, 7) is 2.21. The number of halogens is 1. The van der Waals surface area contributed by atoms with Crippen molar-refractivity contribution >= 4 is 11.4 Å². The summed E-state index contributed by atoms with van der Waals surface area (Å²) in [4.78, 5) is 14.4. The summed E-state index contributed by atoms with van der Waals surface area (Å²) in [5.41, 5.74) is 1.76. The van der Waals surface area contributed by atoms with Gasteiger partial charge in [0.25, 0.3) is 5.69 Å². The topological polar surface area (TPSA) is 68.1 Å². The van der Waals surface area contributed by atoms with E-state index in [4.69, 9.17) is 0 Å². The monoisotopic (exact) mass is 261 g/mol. The normalized spacial score (nSPS) is 10.2. The second-order valence-corrected chi connectivity index (χ2v) is 4.08. The average Bonchev–Trinajstić information content (AvgIpc) is 2.38. The van der Waals surface area contributed by atoms with Crippen LogP contribution in [0.25, 0.3) is 0 Å². The van der Waals surface area contributed by atoms with Gasteiger partial charge in [0.05, 0.1) is 4.92 Å². The number of nitro benzene ring substituents is 1. The molecule has 0 aliphatic carbocycles. The molecule has 0 saturated carbocycles. The maximum Gasteiger partial charge on any atom is 0.292 e. The minimum absolute atomic E-state index is 0.151. The fourth-order valence-corrected chi connectivity index (χ4v) is 1.61. The molecule has 2 rings (SSSR count). The fraction of sp³-hybridized carbons (Fsp3) is 0.154. The number of hydrogen-bond donors (Lipinski definition) is 1. The van der Waals surface area contributed by atoms with Gasteiger partial charge in [0.2, 0.25) is 0 Å². The Balaban J connectivity index is 2.16. The van der Waals surface area contributed by atoms with E-state index in [1.54, 1.807) is 6.20 Å². The molecule has 0 aliphatic rings. The largest absolute Gasteiger partial charge is 0.375 e. The molecule has 0 atom stereocenters. The lowest BCUT2D eigenvalue weighted by atomic mass is 10.2. The zero-order chi connectivity index (χ0) is 13.8. The van der Waals surface area contributed by atoms with Gasteiger partial charge in [-0.05, 0) is 24.6 Å². The number of nitrogens with zero attached hydrogens (tertiary/aromatic N) is 2. The van der Waals surface area contributed by atoms with E-state index in [2.05, 4.69) is 10.3 Å². The summed E-state index contributed by atoms with van der Waals surface area (Å²) >= 11 is 0. The van der Waals surface area contributed by atoms with Crippen LogP contribution in [0.3, 0.4) is 0 Å². The standard InChI is InChI=1S/C13H12FN3O2/c1-9-2-3-10(7-15-9)8-16-12-6-11(14)4-5-13(12)17(18)19/h2-7,16H,8H2,1H3. The molecule has 0 spiro atoms. The van der Waals surface area contributed by atoms with Crippen LogP contribution in [-0.4, -0.2) is 9.91 Å². The van der Waals surface area contributed by atoms with Crippen molar-refractivity contribution in [1.82, 2.24) is 4.98 Å². The van der Waals surface area contributed by atoms with Gasteiger partial charge in [-0.15, -0.1) is 0 Å². The highest BCUT2D eigenvalue weighted by Gasteiger charge is 2.13. The van der Waals surface area contributed by atoms with Gasteiger partial charge in [-0.3, -0.25) is 15.1 Å². The molecule has 0 amide bonds.